The molecule has 2 aromatic rings. The third-order valence-electron chi connectivity index (χ3n) is 3.29. The first kappa shape index (κ1) is 19.7. The van der Waals surface area contributed by atoms with Gasteiger partial charge < -0.3 is 14.2 Å². The van der Waals surface area contributed by atoms with Crippen LogP contribution in [-0.4, -0.2) is 37.5 Å². The van der Waals surface area contributed by atoms with E-state index >= 15 is 0 Å². The van der Waals surface area contributed by atoms with Gasteiger partial charge in [-0.2, -0.15) is 5.10 Å². The molecule has 0 spiro atoms. The molecule has 0 amide bonds. The highest BCUT2D eigenvalue weighted by Crippen LogP contribution is 2.30. The molecule has 0 aliphatic carbocycles. The highest BCUT2D eigenvalue weighted by molar-refractivity contribution is 7.13. The summed E-state index contributed by atoms with van der Waals surface area (Å²) < 4.78 is 16.1. The van der Waals surface area contributed by atoms with Crippen molar-refractivity contribution in [2.75, 3.05) is 25.7 Å². The lowest BCUT2D eigenvalue weighted by molar-refractivity contribution is -0.143. The van der Waals surface area contributed by atoms with Crippen LogP contribution < -0.4 is 14.9 Å². The van der Waals surface area contributed by atoms with Crippen molar-refractivity contribution in [3.63, 3.8) is 0 Å². The summed E-state index contributed by atoms with van der Waals surface area (Å²) in [5, 5.41) is 6.87. The maximum Gasteiger partial charge on any atom is 0.305 e. The number of hydrazone groups is 1. The fraction of sp³-hybridized carbons (Fsp3) is 0.389. The van der Waals surface area contributed by atoms with E-state index in [9.17, 15) is 4.79 Å². The number of methoxy groups -OCH3 is 1. The Morgan fingerprint density at radius 1 is 1.42 bits per heavy atom. The van der Waals surface area contributed by atoms with Crippen molar-refractivity contribution in [1.29, 1.82) is 0 Å². The van der Waals surface area contributed by atoms with Crippen LogP contribution in [0.3, 0.4) is 0 Å². The van der Waals surface area contributed by atoms with Gasteiger partial charge >= 0.3 is 5.97 Å². The lowest BCUT2D eigenvalue weighted by Crippen LogP contribution is -2.08. The van der Waals surface area contributed by atoms with Crippen molar-refractivity contribution in [3.05, 3.63) is 34.8 Å². The second kappa shape index (κ2) is 10.4. The van der Waals surface area contributed by atoms with Crippen LogP contribution in [0.5, 0.6) is 11.5 Å². The van der Waals surface area contributed by atoms with E-state index in [0.29, 0.717) is 37.6 Å². The van der Waals surface area contributed by atoms with Gasteiger partial charge in [0.05, 0.1) is 32.2 Å². The Morgan fingerprint density at radius 2 is 2.27 bits per heavy atom. The van der Waals surface area contributed by atoms with Gasteiger partial charge in [-0.25, -0.2) is 4.98 Å². The number of rotatable bonds is 10. The van der Waals surface area contributed by atoms with E-state index in [-0.39, 0.29) is 5.97 Å². The first-order chi connectivity index (χ1) is 12.6. The van der Waals surface area contributed by atoms with Gasteiger partial charge in [0.25, 0.3) is 0 Å². The highest BCUT2D eigenvalue weighted by atomic mass is 32.1. The number of aryl methyl sites for hydroxylation is 1. The third-order valence-corrected chi connectivity index (χ3v) is 4.15. The second-order valence-electron chi connectivity index (χ2n) is 5.30. The van der Waals surface area contributed by atoms with E-state index in [1.807, 2.05) is 30.5 Å². The zero-order valence-corrected chi connectivity index (χ0v) is 16.0. The lowest BCUT2D eigenvalue weighted by atomic mass is 10.2. The van der Waals surface area contributed by atoms with Gasteiger partial charge in [0.15, 0.2) is 11.5 Å². The summed E-state index contributed by atoms with van der Waals surface area (Å²) in [6.45, 7) is 4.48. The number of ether oxygens (including phenoxy) is 3. The number of nitrogens with zero attached hydrogens (tertiary/aromatic N) is 2. The first-order valence-electron chi connectivity index (χ1n) is 8.30. The van der Waals surface area contributed by atoms with Crippen molar-refractivity contribution in [2.45, 2.75) is 26.7 Å². The molecule has 0 fully saturated rings. The summed E-state index contributed by atoms with van der Waals surface area (Å²) in [5.41, 5.74) is 4.60. The molecule has 0 unspecified atom stereocenters. The Morgan fingerprint density at radius 3 is 2.96 bits per heavy atom. The van der Waals surface area contributed by atoms with Crippen molar-refractivity contribution in [3.8, 4) is 11.5 Å². The van der Waals surface area contributed by atoms with Gasteiger partial charge in [-0.1, -0.05) is 6.07 Å². The van der Waals surface area contributed by atoms with E-state index in [0.717, 1.165) is 16.4 Å². The minimum atomic E-state index is -0.221. The number of benzene rings is 1. The third kappa shape index (κ3) is 6.03. The van der Waals surface area contributed by atoms with E-state index in [1.165, 1.54) is 11.3 Å². The molecule has 2 rings (SSSR count). The number of aromatic nitrogens is 1. The molecular formula is C18H23N3O4S. The molecule has 0 saturated carbocycles. The SMILES string of the molecule is CCOC(=O)CCCOc1c(C=NNc2nc(C)cs2)cccc1OC. The quantitative estimate of drug-likeness (QED) is 0.295. The van der Waals surface area contributed by atoms with Crippen LogP contribution >= 0.6 is 11.3 Å². The predicted molar refractivity (Wildman–Crippen MR) is 102 cm³/mol. The molecular weight excluding hydrogens is 354 g/mol. The van der Waals surface area contributed by atoms with Crippen LogP contribution in [0.1, 0.15) is 31.0 Å². The molecule has 1 N–H and O–H groups in total. The second-order valence-corrected chi connectivity index (χ2v) is 6.16. The van der Waals surface area contributed by atoms with Crippen molar-refractivity contribution in [1.82, 2.24) is 4.98 Å². The number of carbonyl (C=O) groups is 1. The Hall–Kier alpha value is -2.61. The van der Waals surface area contributed by atoms with Gasteiger partial charge in [-0.05, 0) is 32.4 Å². The number of anilines is 1. The van der Waals surface area contributed by atoms with Crippen LogP contribution in [0.4, 0.5) is 5.13 Å². The smallest absolute Gasteiger partial charge is 0.305 e. The maximum atomic E-state index is 11.4. The zero-order valence-electron chi connectivity index (χ0n) is 15.2. The molecule has 1 heterocycles. The number of esters is 1. The topological polar surface area (TPSA) is 82.0 Å². The highest BCUT2D eigenvalue weighted by Gasteiger charge is 2.10. The van der Waals surface area contributed by atoms with Crippen molar-refractivity contribution >= 4 is 28.7 Å². The number of hydrogen-bond acceptors (Lipinski definition) is 8. The average molecular weight is 377 g/mol. The largest absolute Gasteiger partial charge is 0.493 e. The molecule has 8 heteroatoms. The monoisotopic (exact) mass is 377 g/mol. The van der Waals surface area contributed by atoms with Crippen molar-refractivity contribution < 1.29 is 19.0 Å². The summed E-state index contributed by atoms with van der Waals surface area (Å²) in [4.78, 5) is 15.7. The summed E-state index contributed by atoms with van der Waals surface area (Å²) in [6.07, 6.45) is 2.53. The van der Waals surface area contributed by atoms with Gasteiger partial charge in [0.1, 0.15) is 0 Å². The summed E-state index contributed by atoms with van der Waals surface area (Å²) >= 11 is 1.48. The van der Waals surface area contributed by atoms with Gasteiger partial charge in [0, 0.05) is 17.4 Å². The van der Waals surface area contributed by atoms with E-state index in [2.05, 4.69) is 15.5 Å². The molecule has 1 aromatic heterocycles. The zero-order chi connectivity index (χ0) is 18.8. The number of nitrogens with one attached hydrogen (secondary N) is 1. The first-order valence-corrected chi connectivity index (χ1v) is 9.18. The molecule has 0 radical (unpaired) electrons. The average Bonchev–Trinajstić information content (AvgIpc) is 3.04. The molecule has 7 nitrogen and oxygen atoms in total. The molecule has 140 valence electrons. The molecule has 0 saturated heterocycles. The van der Waals surface area contributed by atoms with Crippen LogP contribution in [-0.2, 0) is 9.53 Å². The van der Waals surface area contributed by atoms with Crippen LogP contribution in [0.2, 0.25) is 0 Å². The summed E-state index contributed by atoms with van der Waals surface area (Å²) in [5.74, 6) is 0.968. The van der Waals surface area contributed by atoms with Crippen LogP contribution in [0, 0.1) is 6.92 Å². The van der Waals surface area contributed by atoms with E-state index in [1.54, 1.807) is 20.2 Å². The normalized spacial score (nSPS) is 10.7. The molecule has 0 bridgehead atoms. The Balaban J connectivity index is 1.98. The Bertz CT molecular complexity index is 746. The number of thiazole rings is 1. The molecule has 1 aromatic carbocycles. The van der Waals surface area contributed by atoms with Crippen molar-refractivity contribution in [2.24, 2.45) is 5.10 Å². The standard InChI is InChI=1S/C18H23N3O4S/c1-4-24-16(22)9-6-10-25-17-14(7-5-8-15(17)23-3)11-19-21-18-20-13(2)12-26-18/h5,7-8,11-12H,4,6,9-10H2,1-3H3,(H,20,21). The fourth-order valence-corrected chi connectivity index (χ4v) is 2.77. The molecule has 0 aliphatic rings. The molecule has 0 atom stereocenters. The number of para-hydroxylation sites is 1. The predicted octanol–water partition coefficient (Wildman–Crippen LogP) is 3.63. The Kier molecular flexibility index (Phi) is 7.88. The van der Waals surface area contributed by atoms with Gasteiger partial charge in [-0.15, -0.1) is 11.3 Å². The minimum Gasteiger partial charge on any atom is -0.493 e. The number of hydrogen-bond donors (Lipinski definition) is 1. The summed E-state index contributed by atoms with van der Waals surface area (Å²) in [7, 11) is 1.58. The minimum absolute atomic E-state index is 0.221. The Labute approximate surface area is 157 Å². The maximum absolute atomic E-state index is 11.4. The fourth-order valence-electron chi connectivity index (χ4n) is 2.14. The number of carbonyl (C=O) groups excluding carboxylic acids is 1. The lowest BCUT2D eigenvalue weighted by Gasteiger charge is -2.13. The van der Waals surface area contributed by atoms with Gasteiger partial charge in [0.2, 0.25) is 5.13 Å². The van der Waals surface area contributed by atoms with E-state index < -0.39 is 0 Å². The van der Waals surface area contributed by atoms with Crippen LogP contribution in [0.25, 0.3) is 0 Å². The van der Waals surface area contributed by atoms with E-state index in [4.69, 9.17) is 14.2 Å². The molecule has 26 heavy (non-hydrogen) atoms. The molecule has 0 aliphatic heterocycles. The van der Waals surface area contributed by atoms with Crippen LogP contribution in [0.15, 0.2) is 28.7 Å². The van der Waals surface area contributed by atoms with Gasteiger partial charge in [-0.3, -0.25) is 10.2 Å². The summed E-state index contributed by atoms with van der Waals surface area (Å²) in [6, 6.07) is 5.55.